The van der Waals surface area contributed by atoms with Crippen LogP contribution in [0.15, 0.2) is 42.5 Å². The predicted molar refractivity (Wildman–Crippen MR) is 103 cm³/mol. The molecule has 2 aromatic carbocycles. The summed E-state index contributed by atoms with van der Waals surface area (Å²) < 4.78 is 25.1. The number of amides is 1. The zero-order valence-electron chi connectivity index (χ0n) is 14.7. The van der Waals surface area contributed by atoms with Crippen LogP contribution in [0, 0.1) is 17.0 Å². The number of anilines is 1. The Morgan fingerprint density at radius 3 is 2.41 bits per heavy atom. The van der Waals surface area contributed by atoms with Gasteiger partial charge in [0.25, 0.3) is 5.69 Å². The molecule has 0 heterocycles. The third-order valence-electron chi connectivity index (χ3n) is 3.70. The molecule has 0 aliphatic rings. The van der Waals surface area contributed by atoms with Crippen molar-refractivity contribution in [2.75, 3.05) is 18.1 Å². The number of rotatable bonds is 7. The van der Waals surface area contributed by atoms with Crippen molar-refractivity contribution in [2.45, 2.75) is 13.5 Å². The van der Waals surface area contributed by atoms with Crippen molar-refractivity contribution in [2.24, 2.45) is 0 Å². The summed E-state index contributed by atoms with van der Waals surface area (Å²) in [7, 11) is -3.66. The molecule has 0 aromatic heterocycles. The first kappa shape index (κ1) is 20.8. The largest absolute Gasteiger partial charge is 0.323 e. The Labute approximate surface area is 162 Å². The maximum atomic E-state index is 12.3. The number of sulfonamides is 1. The average molecular weight is 412 g/mol. The number of carbonyl (C=O) groups is 1. The Bertz CT molecular complexity index is 961. The van der Waals surface area contributed by atoms with E-state index >= 15 is 0 Å². The molecule has 144 valence electrons. The molecule has 2 aromatic rings. The molecule has 10 heteroatoms. The van der Waals surface area contributed by atoms with Crippen molar-refractivity contribution < 1.29 is 18.1 Å². The van der Waals surface area contributed by atoms with Gasteiger partial charge in [0.15, 0.2) is 0 Å². The third kappa shape index (κ3) is 6.02. The van der Waals surface area contributed by atoms with Crippen molar-refractivity contribution in [3.8, 4) is 0 Å². The number of halogens is 1. The maximum Gasteiger partial charge on any atom is 0.271 e. The highest BCUT2D eigenvalue weighted by molar-refractivity contribution is 7.88. The van der Waals surface area contributed by atoms with Crippen LogP contribution in [0.1, 0.15) is 11.1 Å². The molecule has 0 spiro atoms. The third-order valence-corrected chi connectivity index (χ3v) is 5.23. The number of nitrogens with zero attached hydrogens (tertiary/aromatic N) is 2. The first-order valence-electron chi connectivity index (χ1n) is 7.80. The normalized spacial score (nSPS) is 11.4. The van der Waals surface area contributed by atoms with Gasteiger partial charge >= 0.3 is 0 Å². The smallest absolute Gasteiger partial charge is 0.271 e. The van der Waals surface area contributed by atoms with Crippen molar-refractivity contribution in [3.63, 3.8) is 0 Å². The van der Waals surface area contributed by atoms with Gasteiger partial charge in [0.05, 0.1) is 28.4 Å². The van der Waals surface area contributed by atoms with E-state index in [2.05, 4.69) is 5.32 Å². The highest BCUT2D eigenvalue weighted by Gasteiger charge is 2.21. The van der Waals surface area contributed by atoms with Gasteiger partial charge in [-0.3, -0.25) is 14.9 Å². The van der Waals surface area contributed by atoms with E-state index in [1.165, 1.54) is 12.1 Å². The van der Waals surface area contributed by atoms with Crippen LogP contribution in [-0.2, 0) is 21.4 Å². The van der Waals surface area contributed by atoms with Gasteiger partial charge in [-0.2, -0.15) is 4.31 Å². The van der Waals surface area contributed by atoms with E-state index in [0.29, 0.717) is 0 Å². The van der Waals surface area contributed by atoms with Crippen LogP contribution in [0.5, 0.6) is 0 Å². The molecule has 0 radical (unpaired) electrons. The van der Waals surface area contributed by atoms with Crippen molar-refractivity contribution in [1.29, 1.82) is 0 Å². The van der Waals surface area contributed by atoms with Crippen molar-refractivity contribution in [3.05, 3.63) is 68.7 Å². The van der Waals surface area contributed by atoms with Crippen LogP contribution in [0.25, 0.3) is 0 Å². The second-order valence-electron chi connectivity index (χ2n) is 5.99. The number of nitrogens with one attached hydrogen (secondary N) is 1. The van der Waals surface area contributed by atoms with Crippen LogP contribution >= 0.6 is 11.6 Å². The molecular formula is C17H18ClN3O5S. The molecule has 27 heavy (non-hydrogen) atoms. The van der Waals surface area contributed by atoms with Gasteiger partial charge in [0, 0.05) is 18.7 Å². The minimum Gasteiger partial charge on any atom is -0.323 e. The van der Waals surface area contributed by atoms with Gasteiger partial charge in [-0.1, -0.05) is 41.4 Å². The zero-order valence-corrected chi connectivity index (χ0v) is 16.2. The Kier molecular flexibility index (Phi) is 6.53. The van der Waals surface area contributed by atoms with E-state index in [4.69, 9.17) is 11.6 Å². The SMILES string of the molecule is Cc1ccc(CN(CC(=O)Nc2cc([N+](=O)[O-])ccc2Cl)S(C)(=O)=O)cc1. The lowest BCUT2D eigenvalue weighted by Gasteiger charge is -2.20. The first-order valence-corrected chi connectivity index (χ1v) is 10.0. The molecule has 0 saturated heterocycles. The summed E-state index contributed by atoms with van der Waals surface area (Å²) in [5.41, 5.74) is 1.56. The topological polar surface area (TPSA) is 110 Å². The molecule has 0 bridgehead atoms. The minimum absolute atomic E-state index is 0.0230. The van der Waals surface area contributed by atoms with E-state index in [1.807, 2.05) is 19.1 Å². The fraction of sp³-hybridized carbons (Fsp3) is 0.235. The number of non-ortho nitro benzene ring substituents is 1. The predicted octanol–water partition coefficient (Wildman–Crippen LogP) is 2.96. The molecule has 1 amide bonds. The lowest BCUT2D eigenvalue weighted by atomic mass is 10.1. The Morgan fingerprint density at radius 2 is 1.85 bits per heavy atom. The highest BCUT2D eigenvalue weighted by atomic mass is 35.5. The molecule has 0 fully saturated rings. The van der Waals surface area contributed by atoms with E-state index < -0.39 is 27.4 Å². The highest BCUT2D eigenvalue weighted by Crippen LogP contribution is 2.26. The summed E-state index contributed by atoms with van der Waals surface area (Å²) in [4.78, 5) is 22.5. The summed E-state index contributed by atoms with van der Waals surface area (Å²) >= 11 is 5.95. The molecule has 2 rings (SSSR count). The van der Waals surface area contributed by atoms with Gasteiger partial charge in [-0.05, 0) is 18.6 Å². The van der Waals surface area contributed by atoms with Crippen LogP contribution in [0.2, 0.25) is 5.02 Å². The molecule has 8 nitrogen and oxygen atoms in total. The fourth-order valence-electron chi connectivity index (χ4n) is 2.26. The lowest BCUT2D eigenvalue weighted by molar-refractivity contribution is -0.384. The lowest BCUT2D eigenvalue weighted by Crippen LogP contribution is -2.36. The van der Waals surface area contributed by atoms with Gasteiger partial charge in [-0.15, -0.1) is 0 Å². The van der Waals surface area contributed by atoms with Crippen LogP contribution in [0.4, 0.5) is 11.4 Å². The van der Waals surface area contributed by atoms with Gasteiger partial charge in [0.1, 0.15) is 0 Å². The molecule has 0 unspecified atom stereocenters. The molecule has 0 aliphatic carbocycles. The Balaban J connectivity index is 2.16. The van der Waals surface area contributed by atoms with E-state index in [9.17, 15) is 23.3 Å². The van der Waals surface area contributed by atoms with Crippen LogP contribution < -0.4 is 5.32 Å². The van der Waals surface area contributed by atoms with E-state index in [1.54, 1.807) is 12.1 Å². The summed E-state index contributed by atoms with van der Waals surface area (Å²) in [5, 5.41) is 13.4. The first-order chi connectivity index (χ1) is 12.6. The Morgan fingerprint density at radius 1 is 1.22 bits per heavy atom. The van der Waals surface area contributed by atoms with Crippen LogP contribution in [-0.4, -0.2) is 36.4 Å². The second-order valence-corrected chi connectivity index (χ2v) is 8.38. The van der Waals surface area contributed by atoms with E-state index in [0.717, 1.165) is 27.8 Å². The zero-order chi connectivity index (χ0) is 20.2. The maximum absolute atomic E-state index is 12.3. The summed E-state index contributed by atoms with van der Waals surface area (Å²) in [6, 6.07) is 10.9. The summed E-state index contributed by atoms with van der Waals surface area (Å²) in [6.45, 7) is 1.48. The number of aryl methyl sites for hydroxylation is 1. The number of benzene rings is 2. The molecule has 1 N–H and O–H groups in total. The van der Waals surface area contributed by atoms with Crippen LogP contribution in [0.3, 0.4) is 0 Å². The van der Waals surface area contributed by atoms with Crippen molar-refractivity contribution >= 4 is 38.9 Å². The van der Waals surface area contributed by atoms with Gasteiger partial charge < -0.3 is 5.32 Å². The quantitative estimate of drug-likeness (QED) is 0.556. The average Bonchev–Trinajstić information content (AvgIpc) is 2.57. The number of hydrogen-bond donors (Lipinski definition) is 1. The van der Waals surface area contributed by atoms with Crippen molar-refractivity contribution in [1.82, 2.24) is 4.31 Å². The second kappa shape index (κ2) is 8.47. The number of nitro groups is 1. The number of nitro benzene ring substituents is 1. The summed E-state index contributed by atoms with van der Waals surface area (Å²) in [6.07, 6.45) is 1.01. The molecule has 0 saturated carbocycles. The minimum atomic E-state index is -3.66. The molecule has 0 atom stereocenters. The fourth-order valence-corrected chi connectivity index (χ4v) is 3.16. The summed E-state index contributed by atoms with van der Waals surface area (Å²) in [5.74, 6) is -0.657. The number of hydrogen-bond acceptors (Lipinski definition) is 5. The monoisotopic (exact) mass is 411 g/mol. The van der Waals surface area contributed by atoms with Gasteiger partial charge in [-0.25, -0.2) is 8.42 Å². The molecule has 0 aliphatic heterocycles. The Hall–Kier alpha value is -2.49. The van der Waals surface area contributed by atoms with Gasteiger partial charge in [0.2, 0.25) is 15.9 Å². The number of carbonyl (C=O) groups excluding carboxylic acids is 1. The molecular weight excluding hydrogens is 394 g/mol. The standard InChI is InChI=1S/C17H18ClN3O5S/c1-12-3-5-13(6-4-12)10-20(27(2,25)26)11-17(22)19-16-9-14(21(23)24)7-8-15(16)18/h3-9H,10-11H2,1-2H3,(H,19,22). The van der Waals surface area contributed by atoms with E-state index in [-0.39, 0.29) is 22.9 Å².